The van der Waals surface area contributed by atoms with Gasteiger partial charge < -0.3 is 14.6 Å². The summed E-state index contributed by atoms with van der Waals surface area (Å²) in [5.74, 6) is 1.35. The van der Waals surface area contributed by atoms with Crippen LogP contribution in [-0.2, 0) is 13.0 Å². The van der Waals surface area contributed by atoms with Crippen LogP contribution in [0.4, 0.5) is 0 Å². The van der Waals surface area contributed by atoms with Crippen molar-refractivity contribution in [2.24, 2.45) is 5.73 Å². The van der Waals surface area contributed by atoms with Gasteiger partial charge in [0.2, 0.25) is 5.89 Å². The van der Waals surface area contributed by atoms with Gasteiger partial charge in [-0.3, -0.25) is 0 Å². The summed E-state index contributed by atoms with van der Waals surface area (Å²) in [5.41, 5.74) is 6.36. The zero-order chi connectivity index (χ0) is 13.8. The average molecular weight is 274 g/mol. The Labute approximate surface area is 114 Å². The van der Waals surface area contributed by atoms with Crippen molar-refractivity contribution in [2.45, 2.75) is 19.4 Å². The van der Waals surface area contributed by atoms with Gasteiger partial charge in [-0.15, -0.1) is 15.3 Å². The van der Waals surface area contributed by atoms with E-state index in [0.717, 1.165) is 18.5 Å². The molecule has 0 spiro atoms. The molecule has 20 heavy (non-hydrogen) atoms. The van der Waals surface area contributed by atoms with Gasteiger partial charge in [-0.1, -0.05) is 5.21 Å². The quantitative estimate of drug-likeness (QED) is 0.710. The van der Waals surface area contributed by atoms with Gasteiger partial charge in [0.25, 0.3) is 5.89 Å². The zero-order valence-corrected chi connectivity index (χ0v) is 10.8. The molecule has 0 aromatic carbocycles. The molecule has 104 valence electrons. The summed E-state index contributed by atoms with van der Waals surface area (Å²) in [6.45, 7) is 1.02. The molecule has 0 saturated heterocycles. The largest absolute Gasteiger partial charge is 0.459 e. The second kappa shape index (κ2) is 5.66. The van der Waals surface area contributed by atoms with Gasteiger partial charge >= 0.3 is 0 Å². The predicted octanol–water partition coefficient (Wildman–Crippen LogP) is 0.861. The van der Waals surface area contributed by atoms with Gasteiger partial charge in [0.15, 0.2) is 5.76 Å². The molecule has 0 radical (unpaired) electrons. The fourth-order valence-electron chi connectivity index (χ4n) is 1.77. The summed E-state index contributed by atoms with van der Waals surface area (Å²) in [7, 11) is 0. The number of furan rings is 1. The van der Waals surface area contributed by atoms with Gasteiger partial charge in [0.1, 0.15) is 6.54 Å². The highest BCUT2D eigenvalue weighted by molar-refractivity contribution is 5.42. The minimum absolute atomic E-state index is 0.355. The Morgan fingerprint density at radius 1 is 1.25 bits per heavy atom. The van der Waals surface area contributed by atoms with Gasteiger partial charge in [0, 0.05) is 6.20 Å². The van der Waals surface area contributed by atoms with Crippen molar-refractivity contribution in [1.82, 2.24) is 25.2 Å². The van der Waals surface area contributed by atoms with Crippen LogP contribution >= 0.6 is 0 Å². The first kappa shape index (κ1) is 12.5. The van der Waals surface area contributed by atoms with Crippen LogP contribution in [0.5, 0.6) is 0 Å². The van der Waals surface area contributed by atoms with E-state index in [-0.39, 0.29) is 0 Å². The molecule has 0 aliphatic rings. The molecule has 3 aromatic heterocycles. The smallest absolute Gasteiger partial charge is 0.283 e. The minimum atomic E-state index is 0.355. The standard InChI is InChI=1S/C12H14N6O2/c13-5-1-3-9-7-18(17-14-9)8-11-15-16-12(20-11)10-4-2-6-19-10/h2,4,6-7H,1,3,5,8,13H2. The monoisotopic (exact) mass is 274 g/mol. The van der Waals surface area contributed by atoms with E-state index in [1.807, 2.05) is 6.20 Å². The van der Waals surface area contributed by atoms with Crippen molar-refractivity contribution in [3.05, 3.63) is 36.2 Å². The third-order valence-electron chi connectivity index (χ3n) is 2.72. The van der Waals surface area contributed by atoms with E-state index >= 15 is 0 Å². The molecular formula is C12H14N6O2. The second-order valence-electron chi connectivity index (χ2n) is 4.28. The Kier molecular flexibility index (Phi) is 3.55. The third-order valence-corrected chi connectivity index (χ3v) is 2.72. The molecule has 8 nitrogen and oxygen atoms in total. The molecule has 3 heterocycles. The Morgan fingerprint density at radius 2 is 2.20 bits per heavy atom. The van der Waals surface area contributed by atoms with Gasteiger partial charge in [-0.25, -0.2) is 4.68 Å². The number of aryl methyl sites for hydroxylation is 1. The molecule has 0 atom stereocenters. The highest BCUT2D eigenvalue weighted by Crippen LogP contribution is 2.18. The molecule has 8 heteroatoms. The van der Waals surface area contributed by atoms with Crippen LogP contribution in [0.2, 0.25) is 0 Å². The lowest BCUT2D eigenvalue weighted by Gasteiger charge is -1.93. The Morgan fingerprint density at radius 3 is 3.00 bits per heavy atom. The molecule has 0 aliphatic carbocycles. The fourth-order valence-corrected chi connectivity index (χ4v) is 1.77. The van der Waals surface area contributed by atoms with E-state index in [0.29, 0.717) is 30.6 Å². The number of hydrogen-bond acceptors (Lipinski definition) is 7. The van der Waals surface area contributed by atoms with Gasteiger partial charge in [-0.2, -0.15) is 0 Å². The maximum atomic E-state index is 5.50. The lowest BCUT2D eigenvalue weighted by atomic mass is 10.2. The maximum absolute atomic E-state index is 5.50. The van der Waals surface area contributed by atoms with E-state index in [2.05, 4.69) is 20.5 Å². The number of rotatable bonds is 6. The molecule has 0 fully saturated rings. The van der Waals surface area contributed by atoms with Gasteiger partial charge in [-0.05, 0) is 31.5 Å². The number of hydrogen-bond donors (Lipinski definition) is 1. The van der Waals surface area contributed by atoms with E-state index < -0.39 is 0 Å². The first-order valence-corrected chi connectivity index (χ1v) is 6.30. The van der Waals surface area contributed by atoms with Crippen molar-refractivity contribution >= 4 is 0 Å². The van der Waals surface area contributed by atoms with Crippen molar-refractivity contribution < 1.29 is 8.83 Å². The summed E-state index contributed by atoms with van der Waals surface area (Å²) in [6, 6.07) is 3.53. The normalized spacial score (nSPS) is 11.1. The van der Waals surface area contributed by atoms with E-state index in [1.54, 1.807) is 23.1 Å². The second-order valence-corrected chi connectivity index (χ2v) is 4.28. The SMILES string of the molecule is NCCCc1cn(Cc2nnc(-c3ccco3)o2)nn1. The third kappa shape index (κ3) is 2.75. The van der Waals surface area contributed by atoms with E-state index in [4.69, 9.17) is 14.6 Å². The molecule has 0 unspecified atom stereocenters. The number of nitrogens with zero attached hydrogens (tertiary/aromatic N) is 5. The molecule has 0 saturated carbocycles. The van der Waals surface area contributed by atoms with Crippen molar-refractivity contribution in [2.75, 3.05) is 6.54 Å². The number of aromatic nitrogens is 5. The first-order valence-electron chi connectivity index (χ1n) is 6.30. The predicted molar refractivity (Wildman–Crippen MR) is 68.5 cm³/mol. The molecule has 3 rings (SSSR count). The lowest BCUT2D eigenvalue weighted by molar-refractivity contribution is 0.454. The molecular weight excluding hydrogens is 260 g/mol. The van der Waals surface area contributed by atoms with Crippen molar-refractivity contribution in [3.63, 3.8) is 0 Å². The Hall–Kier alpha value is -2.48. The van der Waals surface area contributed by atoms with Crippen LogP contribution in [0.25, 0.3) is 11.7 Å². The van der Waals surface area contributed by atoms with E-state index in [9.17, 15) is 0 Å². The molecule has 2 N–H and O–H groups in total. The Bertz CT molecular complexity index is 657. The molecule has 3 aromatic rings. The van der Waals surface area contributed by atoms with E-state index in [1.165, 1.54) is 0 Å². The van der Waals surface area contributed by atoms with Crippen LogP contribution in [0.15, 0.2) is 33.4 Å². The van der Waals surface area contributed by atoms with Crippen LogP contribution < -0.4 is 5.73 Å². The van der Waals surface area contributed by atoms with Crippen molar-refractivity contribution in [1.29, 1.82) is 0 Å². The van der Waals surface area contributed by atoms with Gasteiger partial charge in [0.05, 0.1) is 12.0 Å². The number of nitrogens with two attached hydrogens (primary N) is 1. The summed E-state index contributed by atoms with van der Waals surface area (Å²) in [4.78, 5) is 0. The average Bonchev–Trinajstić information content (AvgIpc) is 3.18. The van der Waals surface area contributed by atoms with Crippen LogP contribution in [0.3, 0.4) is 0 Å². The lowest BCUT2D eigenvalue weighted by Crippen LogP contribution is -2.01. The summed E-state index contributed by atoms with van der Waals surface area (Å²) in [5, 5.41) is 15.9. The molecule has 0 amide bonds. The molecule has 0 aliphatic heterocycles. The Balaban J connectivity index is 1.67. The maximum Gasteiger partial charge on any atom is 0.283 e. The summed E-state index contributed by atoms with van der Waals surface area (Å²) in [6.07, 6.45) is 5.12. The van der Waals surface area contributed by atoms with Crippen molar-refractivity contribution in [3.8, 4) is 11.7 Å². The first-order chi connectivity index (χ1) is 9.85. The summed E-state index contributed by atoms with van der Waals surface area (Å²) < 4.78 is 12.3. The van der Waals surface area contributed by atoms with Crippen LogP contribution in [0, 0.1) is 0 Å². The summed E-state index contributed by atoms with van der Waals surface area (Å²) >= 11 is 0. The molecule has 0 bridgehead atoms. The fraction of sp³-hybridized carbons (Fsp3) is 0.333. The highest BCUT2D eigenvalue weighted by atomic mass is 16.4. The zero-order valence-electron chi connectivity index (χ0n) is 10.8. The van der Waals surface area contributed by atoms with Crippen LogP contribution in [-0.4, -0.2) is 31.7 Å². The van der Waals surface area contributed by atoms with Crippen LogP contribution in [0.1, 0.15) is 18.0 Å². The highest BCUT2D eigenvalue weighted by Gasteiger charge is 2.11. The minimum Gasteiger partial charge on any atom is -0.459 e. The topological polar surface area (TPSA) is 109 Å².